The van der Waals surface area contributed by atoms with E-state index in [0.29, 0.717) is 18.1 Å². The maximum Gasteiger partial charge on any atom is 0.0322 e. The Balaban J connectivity index is 1.94. The molecule has 1 aliphatic heterocycles. The molecule has 1 N–H and O–H groups in total. The van der Waals surface area contributed by atoms with Gasteiger partial charge in [-0.1, -0.05) is 43.7 Å². The van der Waals surface area contributed by atoms with E-state index in [1.165, 1.54) is 50.8 Å². The van der Waals surface area contributed by atoms with Crippen molar-refractivity contribution in [2.75, 3.05) is 13.1 Å². The van der Waals surface area contributed by atoms with Gasteiger partial charge < -0.3 is 10.2 Å². The van der Waals surface area contributed by atoms with Crippen molar-refractivity contribution in [3.63, 3.8) is 0 Å². The van der Waals surface area contributed by atoms with E-state index >= 15 is 0 Å². The van der Waals surface area contributed by atoms with Crippen LogP contribution in [0.4, 0.5) is 0 Å². The highest BCUT2D eigenvalue weighted by molar-refractivity contribution is 5.19. The summed E-state index contributed by atoms with van der Waals surface area (Å²) in [7, 11) is 0. The molecular weight excluding hydrogens is 256 g/mol. The molecule has 0 bridgehead atoms. The minimum absolute atomic E-state index is 0.520. The number of nitrogens with zero attached hydrogens (tertiary/aromatic N) is 1. The molecule has 0 saturated carbocycles. The van der Waals surface area contributed by atoms with Crippen LogP contribution in [0.3, 0.4) is 0 Å². The van der Waals surface area contributed by atoms with Crippen molar-refractivity contribution < 1.29 is 0 Å². The van der Waals surface area contributed by atoms with Gasteiger partial charge in [-0.05, 0) is 58.2 Å². The number of nitrogens with one attached hydrogen (secondary N) is 1. The average molecular weight is 288 g/mol. The Morgan fingerprint density at radius 2 is 1.90 bits per heavy atom. The monoisotopic (exact) mass is 288 g/mol. The molecule has 2 unspecified atom stereocenters. The molecule has 1 heterocycles. The second-order valence-corrected chi connectivity index (χ2v) is 6.68. The van der Waals surface area contributed by atoms with Crippen LogP contribution in [-0.4, -0.2) is 30.1 Å². The predicted octanol–water partition coefficient (Wildman–Crippen LogP) is 4.38. The lowest BCUT2D eigenvalue weighted by molar-refractivity contribution is 0.228. The maximum absolute atomic E-state index is 3.95. The maximum atomic E-state index is 3.95. The highest BCUT2D eigenvalue weighted by atomic mass is 15.1. The SMILES string of the molecule is CCCC(NC1CCCN(C(C)C)CC1)c1ccccc1. The van der Waals surface area contributed by atoms with Crippen LogP contribution in [0.15, 0.2) is 30.3 Å². The summed E-state index contributed by atoms with van der Waals surface area (Å²) in [5.74, 6) is 0. The van der Waals surface area contributed by atoms with Crippen molar-refractivity contribution in [1.29, 1.82) is 0 Å². The van der Waals surface area contributed by atoms with Gasteiger partial charge in [0.25, 0.3) is 0 Å². The molecule has 21 heavy (non-hydrogen) atoms. The summed E-state index contributed by atoms with van der Waals surface area (Å²) < 4.78 is 0. The number of rotatable bonds is 6. The van der Waals surface area contributed by atoms with Crippen LogP contribution in [0.25, 0.3) is 0 Å². The second kappa shape index (κ2) is 8.55. The molecular formula is C19H32N2. The molecule has 2 atom stereocenters. The van der Waals surface area contributed by atoms with E-state index in [-0.39, 0.29) is 0 Å². The Bertz CT molecular complexity index is 388. The van der Waals surface area contributed by atoms with Crippen molar-refractivity contribution in [3.05, 3.63) is 35.9 Å². The fourth-order valence-corrected chi connectivity index (χ4v) is 3.41. The fourth-order valence-electron chi connectivity index (χ4n) is 3.41. The largest absolute Gasteiger partial charge is 0.307 e. The highest BCUT2D eigenvalue weighted by Crippen LogP contribution is 2.22. The van der Waals surface area contributed by atoms with Gasteiger partial charge in [-0.25, -0.2) is 0 Å². The Hall–Kier alpha value is -0.860. The average Bonchev–Trinajstić information content (AvgIpc) is 2.73. The summed E-state index contributed by atoms with van der Waals surface area (Å²) >= 11 is 0. The molecule has 1 fully saturated rings. The zero-order valence-electron chi connectivity index (χ0n) is 14.0. The van der Waals surface area contributed by atoms with Crippen LogP contribution in [0.2, 0.25) is 0 Å². The summed E-state index contributed by atoms with van der Waals surface area (Å²) in [6.07, 6.45) is 6.39. The first-order valence-electron chi connectivity index (χ1n) is 8.75. The van der Waals surface area contributed by atoms with E-state index in [1.54, 1.807) is 0 Å². The third kappa shape index (κ3) is 5.12. The summed E-state index contributed by atoms with van der Waals surface area (Å²) in [5, 5.41) is 3.95. The van der Waals surface area contributed by atoms with Gasteiger partial charge in [0, 0.05) is 18.1 Å². The molecule has 1 aromatic rings. The van der Waals surface area contributed by atoms with Crippen molar-refractivity contribution in [3.8, 4) is 0 Å². The van der Waals surface area contributed by atoms with Crippen molar-refractivity contribution in [2.24, 2.45) is 0 Å². The topological polar surface area (TPSA) is 15.3 Å². The summed E-state index contributed by atoms with van der Waals surface area (Å²) in [6, 6.07) is 12.8. The molecule has 2 rings (SSSR count). The molecule has 0 spiro atoms. The number of hydrogen-bond acceptors (Lipinski definition) is 2. The Kier molecular flexibility index (Phi) is 6.72. The smallest absolute Gasteiger partial charge is 0.0322 e. The lowest BCUT2D eigenvalue weighted by Gasteiger charge is -2.26. The Labute approximate surface area is 130 Å². The summed E-state index contributed by atoms with van der Waals surface area (Å²) in [6.45, 7) is 9.42. The first-order valence-corrected chi connectivity index (χ1v) is 8.75. The molecule has 0 aromatic heterocycles. The minimum atomic E-state index is 0.520. The third-order valence-electron chi connectivity index (χ3n) is 4.71. The van der Waals surface area contributed by atoms with E-state index < -0.39 is 0 Å². The van der Waals surface area contributed by atoms with Crippen LogP contribution in [-0.2, 0) is 0 Å². The normalized spacial score (nSPS) is 22.2. The molecule has 0 amide bonds. The van der Waals surface area contributed by atoms with Crippen LogP contribution in [0, 0.1) is 0 Å². The highest BCUT2D eigenvalue weighted by Gasteiger charge is 2.21. The van der Waals surface area contributed by atoms with E-state index in [9.17, 15) is 0 Å². The number of benzene rings is 1. The molecule has 1 aromatic carbocycles. The third-order valence-corrected chi connectivity index (χ3v) is 4.71. The quantitative estimate of drug-likeness (QED) is 0.835. The molecule has 1 aliphatic rings. The van der Waals surface area contributed by atoms with Gasteiger partial charge in [-0.15, -0.1) is 0 Å². The van der Waals surface area contributed by atoms with E-state index in [4.69, 9.17) is 0 Å². The summed E-state index contributed by atoms with van der Waals surface area (Å²) in [4.78, 5) is 2.62. The number of hydrogen-bond donors (Lipinski definition) is 1. The zero-order valence-corrected chi connectivity index (χ0v) is 14.0. The lowest BCUT2D eigenvalue weighted by Crippen LogP contribution is -2.35. The zero-order chi connectivity index (χ0) is 15.1. The molecule has 2 heteroatoms. The molecule has 0 radical (unpaired) electrons. The van der Waals surface area contributed by atoms with Crippen LogP contribution in [0.1, 0.15) is 64.5 Å². The molecule has 2 nitrogen and oxygen atoms in total. The summed E-state index contributed by atoms with van der Waals surface area (Å²) in [5.41, 5.74) is 1.45. The van der Waals surface area contributed by atoms with Gasteiger partial charge >= 0.3 is 0 Å². The first-order chi connectivity index (χ1) is 10.2. The van der Waals surface area contributed by atoms with Crippen molar-refractivity contribution >= 4 is 0 Å². The molecule has 118 valence electrons. The molecule has 1 saturated heterocycles. The van der Waals surface area contributed by atoms with Gasteiger partial charge in [-0.3, -0.25) is 0 Å². The number of likely N-dealkylation sites (tertiary alicyclic amines) is 1. The van der Waals surface area contributed by atoms with Crippen molar-refractivity contribution in [2.45, 2.75) is 71.0 Å². The second-order valence-electron chi connectivity index (χ2n) is 6.68. The van der Waals surface area contributed by atoms with Gasteiger partial charge in [-0.2, -0.15) is 0 Å². The fraction of sp³-hybridized carbons (Fsp3) is 0.684. The Morgan fingerprint density at radius 1 is 1.14 bits per heavy atom. The first kappa shape index (κ1) is 16.5. The predicted molar refractivity (Wildman–Crippen MR) is 91.6 cm³/mol. The Morgan fingerprint density at radius 3 is 2.57 bits per heavy atom. The van der Waals surface area contributed by atoms with Gasteiger partial charge in [0.15, 0.2) is 0 Å². The van der Waals surface area contributed by atoms with Gasteiger partial charge in [0.1, 0.15) is 0 Å². The molecule has 0 aliphatic carbocycles. The standard InChI is InChI=1S/C19H32N2/c1-4-9-19(17-10-6-5-7-11-17)20-18-12-8-14-21(15-13-18)16(2)3/h5-7,10-11,16,18-20H,4,8-9,12-15H2,1-3H3. The van der Waals surface area contributed by atoms with Crippen LogP contribution < -0.4 is 5.32 Å². The van der Waals surface area contributed by atoms with Crippen LogP contribution >= 0.6 is 0 Å². The van der Waals surface area contributed by atoms with E-state index in [2.05, 4.69) is 61.3 Å². The van der Waals surface area contributed by atoms with Gasteiger partial charge in [0.2, 0.25) is 0 Å². The van der Waals surface area contributed by atoms with E-state index in [1.807, 2.05) is 0 Å². The van der Waals surface area contributed by atoms with Crippen molar-refractivity contribution in [1.82, 2.24) is 10.2 Å². The van der Waals surface area contributed by atoms with E-state index in [0.717, 1.165) is 0 Å². The minimum Gasteiger partial charge on any atom is -0.307 e. The van der Waals surface area contributed by atoms with Gasteiger partial charge in [0.05, 0.1) is 0 Å². The lowest BCUT2D eigenvalue weighted by atomic mass is 9.99. The van der Waals surface area contributed by atoms with Crippen LogP contribution in [0.5, 0.6) is 0 Å².